The molecule has 1 amide bonds. The highest BCUT2D eigenvalue weighted by atomic mass is 16.2. The van der Waals surface area contributed by atoms with Gasteiger partial charge in [-0.15, -0.1) is 0 Å². The van der Waals surface area contributed by atoms with Crippen molar-refractivity contribution in [3.63, 3.8) is 0 Å². The van der Waals surface area contributed by atoms with Crippen LogP contribution in [0.5, 0.6) is 0 Å². The molecule has 0 unspecified atom stereocenters. The fourth-order valence-corrected chi connectivity index (χ4v) is 2.04. The minimum atomic E-state index is -0.392. The molecule has 0 fully saturated rings. The van der Waals surface area contributed by atoms with Crippen molar-refractivity contribution in [1.82, 2.24) is 4.90 Å². The van der Waals surface area contributed by atoms with Gasteiger partial charge in [0.05, 0.1) is 6.54 Å². The topological polar surface area (TPSA) is 37.4 Å². The molecule has 1 aliphatic heterocycles. The first kappa shape index (κ1) is 12.8. The number of Topliss-reactive ketones (excluding diaryl/α,β-unsaturated/α-hetero) is 1. The number of nitrogens with zero attached hydrogens (tertiary/aromatic N) is 1. The van der Waals surface area contributed by atoms with Gasteiger partial charge in [-0.2, -0.15) is 0 Å². The summed E-state index contributed by atoms with van der Waals surface area (Å²) in [6.45, 7) is 6.52. The first-order valence-corrected chi connectivity index (χ1v) is 6.30. The lowest BCUT2D eigenvalue weighted by atomic mass is 9.89. The van der Waals surface area contributed by atoms with E-state index in [2.05, 4.69) is 0 Å². The second kappa shape index (κ2) is 4.56. The lowest BCUT2D eigenvalue weighted by Gasteiger charge is -2.30. The van der Waals surface area contributed by atoms with Crippen molar-refractivity contribution in [2.45, 2.75) is 27.2 Å². The SMILES string of the molecule is CC(C)(C)C(=O)CN1CCc2ccccc2C1=O. The number of ketones is 1. The molecule has 3 heteroatoms. The molecular weight excluding hydrogens is 226 g/mol. The van der Waals surface area contributed by atoms with Gasteiger partial charge in [0.1, 0.15) is 0 Å². The fraction of sp³-hybridized carbons (Fsp3) is 0.467. The highest BCUT2D eigenvalue weighted by Gasteiger charge is 2.29. The summed E-state index contributed by atoms with van der Waals surface area (Å²) in [4.78, 5) is 25.9. The predicted octanol–water partition coefficient (Wildman–Crippen LogP) is 2.30. The van der Waals surface area contributed by atoms with Crippen LogP contribution in [0.2, 0.25) is 0 Å². The number of rotatable bonds is 2. The van der Waals surface area contributed by atoms with Crippen LogP contribution in [0.1, 0.15) is 36.7 Å². The average molecular weight is 245 g/mol. The molecule has 0 saturated carbocycles. The zero-order valence-corrected chi connectivity index (χ0v) is 11.2. The summed E-state index contributed by atoms with van der Waals surface area (Å²) < 4.78 is 0. The molecule has 0 aliphatic carbocycles. The third-order valence-electron chi connectivity index (χ3n) is 3.36. The quantitative estimate of drug-likeness (QED) is 0.801. The Morgan fingerprint density at radius 3 is 2.61 bits per heavy atom. The Balaban J connectivity index is 2.15. The van der Waals surface area contributed by atoms with E-state index in [1.165, 1.54) is 0 Å². The number of hydrogen-bond donors (Lipinski definition) is 0. The summed E-state index contributed by atoms with van der Waals surface area (Å²) in [5, 5.41) is 0. The minimum Gasteiger partial charge on any atom is -0.331 e. The smallest absolute Gasteiger partial charge is 0.254 e. The van der Waals surface area contributed by atoms with E-state index < -0.39 is 5.41 Å². The number of hydrogen-bond acceptors (Lipinski definition) is 2. The molecule has 0 bridgehead atoms. The molecule has 3 nitrogen and oxygen atoms in total. The van der Waals surface area contributed by atoms with Crippen LogP contribution in [0.25, 0.3) is 0 Å². The molecule has 18 heavy (non-hydrogen) atoms. The first-order chi connectivity index (χ1) is 8.39. The highest BCUT2D eigenvalue weighted by molar-refractivity contribution is 5.99. The van der Waals surface area contributed by atoms with Gasteiger partial charge in [0.2, 0.25) is 0 Å². The summed E-state index contributed by atoms with van der Waals surface area (Å²) in [5.41, 5.74) is 1.43. The van der Waals surface area contributed by atoms with Gasteiger partial charge in [-0.3, -0.25) is 9.59 Å². The number of carbonyl (C=O) groups is 2. The zero-order chi connectivity index (χ0) is 13.3. The van der Waals surface area contributed by atoms with Crippen LogP contribution in [0.3, 0.4) is 0 Å². The van der Waals surface area contributed by atoms with Gasteiger partial charge in [0.25, 0.3) is 5.91 Å². The van der Waals surface area contributed by atoms with E-state index in [1.54, 1.807) is 4.90 Å². The van der Waals surface area contributed by atoms with Gasteiger partial charge in [0, 0.05) is 17.5 Å². The second-order valence-corrected chi connectivity index (χ2v) is 5.81. The van der Waals surface area contributed by atoms with Crippen LogP contribution in [0, 0.1) is 5.41 Å². The van der Waals surface area contributed by atoms with Gasteiger partial charge in [-0.25, -0.2) is 0 Å². The Morgan fingerprint density at radius 2 is 1.94 bits per heavy atom. The third kappa shape index (κ3) is 2.45. The number of benzene rings is 1. The predicted molar refractivity (Wildman–Crippen MR) is 70.5 cm³/mol. The zero-order valence-electron chi connectivity index (χ0n) is 11.2. The molecule has 1 aromatic rings. The van der Waals surface area contributed by atoms with E-state index in [-0.39, 0.29) is 18.2 Å². The van der Waals surface area contributed by atoms with Gasteiger partial charge >= 0.3 is 0 Å². The van der Waals surface area contributed by atoms with Crippen molar-refractivity contribution >= 4 is 11.7 Å². The van der Waals surface area contributed by atoms with Gasteiger partial charge in [-0.1, -0.05) is 39.0 Å². The number of carbonyl (C=O) groups excluding carboxylic acids is 2. The molecule has 0 atom stereocenters. The third-order valence-corrected chi connectivity index (χ3v) is 3.36. The summed E-state index contributed by atoms with van der Waals surface area (Å²) in [6, 6.07) is 7.63. The molecule has 1 aromatic carbocycles. The van der Waals surface area contributed by atoms with Crippen LogP contribution in [-0.2, 0) is 11.2 Å². The Labute approximate surface area is 108 Å². The maximum Gasteiger partial charge on any atom is 0.254 e. The summed E-state index contributed by atoms with van der Waals surface area (Å²) in [7, 11) is 0. The van der Waals surface area contributed by atoms with Crippen molar-refractivity contribution in [3.05, 3.63) is 35.4 Å². The van der Waals surface area contributed by atoms with Gasteiger partial charge < -0.3 is 4.90 Å². The molecule has 0 N–H and O–H groups in total. The van der Waals surface area contributed by atoms with E-state index in [1.807, 2.05) is 45.0 Å². The fourth-order valence-electron chi connectivity index (χ4n) is 2.04. The van der Waals surface area contributed by atoms with Gasteiger partial charge in [0.15, 0.2) is 5.78 Å². The average Bonchev–Trinajstić information content (AvgIpc) is 2.32. The molecule has 0 spiro atoms. The van der Waals surface area contributed by atoms with Crippen molar-refractivity contribution in [3.8, 4) is 0 Å². The van der Waals surface area contributed by atoms with Crippen LogP contribution >= 0.6 is 0 Å². The van der Waals surface area contributed by atoms with Crippen molar-refractivity contribution in [1.29, 1.82) is 0 Å². The molecule has 1 heterocycles. The number of fused-ring (bicyclic) bond motifs is 1. The maximum atomic E-state index is 12.3. The largest absolute Gasteiger partial charge is 0.331 e. The second-order valence-electron chi connectivity index (χ2n) is 5.81. The lowest BCUT2D eigenvalue weighted by Crippen LogP contribution is -2.43. The normalized spacial score (nSPS) is 15.5. The van der Waals surface area contributed by atoms with E-state index in [9.17, 15) is 9.59 Å². The van der Waals surface area contributed by atoms with Crippen LogP contribution in [0.4, 0.5) is 0 Å². The first-order valence-electron chi connectivity index (χ1n) is 6.30. The molecule has 0 saturated heterocycles. The molecule has 0 aromatic heterocycles. The summed E-state index contributed by atoms with van der Waals surface area (Å²) >= 11 is 0. The lowest BCUT2D eigenvalue weighted by molar-refractivity contribution is -0.127. The maximum absolute atomic E-state index is 12.3. The van der Waals surface area contributed by atoms with E-state index >= 15 is 0 Å². The van der Waals surface area contributed by atoms with Crippen LogP contribution in [0.15, 0.2) is 24.3 Å². The summed E-state index contributed by atoms with van der Waals surface area (Å²) in [6.07, 6.45) is 0.833. The molecule has 1 aliphatic rings. The van der Waals surface area contributed by atoms with E-state index in [0.717, 1.165) is 17.5 Å². The Bertz CT molecular complexity index is 486. The van der Waals surface area contributed by atoms with Crippen LogP contribution < -0.4 is 0 Å². The van der Waals surface area contributed by atoms with Crippen molar-refractivity contribution in [2.24, 2.45) is 5.41 Å². The highest BCUT2D eigenvalue weighted by Crippen LogP contribution is 2.21. The van der Waals surface area contributed by atoms with Crippen molar-refractivity contribution in [2.75, 3.05) is 13.1 Å². The number of amides is 1. The molecular formula is C15H19NO2. The summed E-state index contributed by atoms with van der Waals surface area (Å²) in [5.74, 6) is 0.0877. The minimum absolute atomic E-state index is 0.0190. The monoisotopic (exact) mass is 245 g/mol. The Morgan fingerprint density at radius 1 is 1.28 bits per heavy atom. The molecule has 0 radical (unpaired) electrons. The van der Waals surface area contributed by atoms with Crippen molar-refractivity contribution < 1.29 is 9.59 Å². The molecule has 96 valence electrons. The Kier molecular flexibility index (Phi) is 3.24. The van der Waals surface area contributed by atoms with Gasteiger partial charge in [-0.05, 0) is 18.1 Å². The van der Waals surface area contributed by atoms with Crippen LogP contribution in [-0.4, -0.2) is 29.7 Å². The van der Waals surface area contributed by atoms with E-state index in [0.29, 0.717) is 6.54 Å². The Hall–Kier alpha value is -1.64. The standard InChI is InChI=1S/C15H19NO2/c1-15(2,3)13(17)10-16-9-8-11-6-4-5-7-12(11)14(16)18/h4-7H,8-10H2,1-3H3. The molecule has 2 rings (SSSR count). The van der Waals surface area contributed by atoms with E-state index in [4.69, 9.17) is 0 Å².